The summed E-state index contributed by atoms with van der Waals surface area (Å²) in [5.74, 6) is 3.34. The van der Waals surface area contributed by atoms with Gasteiger partial charge in [0.15, 0.2) is 0 Å². The first-order chi connectivity index (χ1) is 19.1. The van der Waals surface area contributed by atoms with Crippen LogP contribution in [0.4, 0.5) is 11.4 Å². The van der Waals surface area contributed by atoms with Crippen LogP contribution in [0.15, 0.2) is 60.3 Å². The second kappa shape index (κ2) is 29.2. The third kappa shape index (κ3) is 23.5. The molecule has 4 N–H and O–H groups in total. The number of ether oxygens (including phenoxy) is 5. The van der Waals surface area contributed by atoms with Crippen LogP contribution in [-0.4, -0.2) is 71.8 Å². The molecule has 2 aromatic rings. The van der Waals surface area contributed by atoms with Crippen molar-refractivity contribution in [3.05, 3.63) is 60.3 Å². The highest BCUT2D eigenvalue weighted by molar-refractivity contribution is 5.98. The highest BCUT2D eigenvalue weighted by Crippen LogP contribution is 2.24. The number of anilines is 2. The van der Waals surface area contributed by atoms with Gasteiger partial charge in [-0.1, -0.05) is 31.7 Å². The Labute approximate surface area is 240 Å². The number of nitrogens with two attached hydrogens (primary N) is 1. The lowest BCUT2D eigenvalue weighted by molar-refractivity contribution is -0.191. The molecule has 0 saturated heterocycles. The minimum atomic E-state index is -0.759. The number of rotatable bonds is 5. The molecule has 13 nitrogen and oxygen atoms in total. The first-order valence-electron chi connectivity index (χ1n) is 10.8. The number of hydrogen-bond donors (Lipinski definition) is 3. The van der Waals surface area contributed by atoms with Crippen molar-refractivity contribution in [1.82, 2.24) is 0 Å². The molecule has 0 atom stereocenters. The zero-order valence-electron chi connectivity index (χ0n) is 23.3. The predicted octanol–water partition coefficient (Wildman–Crippen LogP) is 2.46. The van der Waals surface area contributed by atoms with Gasteiger partial charge in [0.25, 0.3) is 0 Å². The molecule has 0 saturated carbocycles. The Morgan fingerprint density at radius 1 is 0.780 bits per heavy atom. The van der Waals surface area contributed by atoms with E-state index in [0.717, 1.165) is 24.3 Å². The number of carbonyl (C=O) groups excluding carboxylic acids is 5. The van der Waals surface area contributed by atoms with E-state index in [0.29, 0.717) is 11.4 Å². The van der Waals surface area contributed by atoms with Crippen LogP contribution >= 0.6 is 0 Å². The van der Waals surface area contributed by atoms with Gasteiger partial charge >= 0.3 is 24.1 Å². The fraction of sp³-hybridized carbons (Fsp3) is 0.286. The number of para-hydroxylation sites is 4. The minimum Gasteiger partial charge on any atom is -0.495 e. The standard InChI is InChI=1S/C12H15NO3.C7H9NO.C6H6O4.CO2.CH4O.CH4/c1-9(8-12(14)16-3)13-10-6-4-5-7-11(10)15-2;1-9-7-5-3-2-4-6(7)8;1-9-5(7)3-4-6(8)10-2;2-1-3;1-2;/h4-8,13H,1-3H3;2-5H,8H2,1H3;1-2H3;;2H,1H3;1H4/b9-8+;;;;;. The Morgan fingerprint density at radius 3 is 1.56 bits per heavy atom. The summed E-state index contributed by atoms with van der Waals surface area (Å²) in [7, 11) is 7.89. The first-order valence-corrected chi connectivity index (χ1v) is 10.8. The summed E-state index contributed by atoms with van der Waals surface area (Å²) in [5.41, 5.74) is 7.69. The van der Waals surface area contributed by atoms with Crippen molar-refractivity contribution < 1.29 is 52.8 Å². The number of esters is 3. The van der Waals surface area contributed by atoms with Gasteiger partial charge < -0.3 is 39.8 Å². The van der Waals surface area contributed by atoms with Crippen molar-refractivity contribution in [2.45, 2.75) is 14.4 Å². The number of aliphatic hydroxyl groups excluding tert-OH is 1. The molecule has 13 heteroatoms. The number of hydrogen-bond acceptors (Lipinski definition) is 13. The minimum absolute atomic E-state index is 0. The third-order valence-corrected chi connectivity index (χ3v) is 3.75. The van der Waals surface area contributed by atoms with Crippen LogP contribution in [0.1, 0.15) is 14.4 Å². The zero-order valence-corrected chi connectivity index (χ0v) is 23.3. The average molecular weight is 579 g/mol. The van der Waals surface area contributed by atoms with Gasteiger partial charge in [0.1, 0.15) is 11.5 Å². The summed E-state index contributed by atoms with van der Waals surface area (Å²) in [6, 6.07) is 14.9. The van der Waals surface area contributed by atoms with Crippen LogP contribution in [0.25, 0.3) is 0 Å². The maximum absolute atomic E-state index is 11.0. The summed E-state index contributed by atoms with van der Waals surface area (Å²) >= 11 is 0. The molecule has 0 spiro atoms. The van der Waals surface area contributed by atoms with Crippen LogP contribution in [0.2, 0.25) is 0 Å². The molecule has 41 heavy (non-hydrogen) atoms. The number of carbonyl (C=O) groups is 3. The second-order valence-corrected chi connectivity index (χ2v) is 6.23. The Hall–Kier alpha value is -5.31. The van der Waals surface area contributed by atoms with E-state index in [4.69, 9.17) is 29.9 Å². The van der Waals surface area contributed by atoms with Gasteiger partial charge in [0.2, 0.25) is 0 Å². The highest BCUT2D eigenvalue weighted by Gasteiger charge is 2.02. The molecule has 0 fully saturated rings. The molecule has 2 aromatic carbocycles. The van der Waals surface area contributed by atoms with E-state index < -0.39 is 11.9 Å². The number of methoxy groups -OCH3 is 5. The highest BCUT2D eigenvalue weighted by atomic mass is 16.5. The van der Waals surface area contributed by atoms with Crippen molar-refractivity contribution in [2.24, 2.45) is 0 Å². The Kier molecular flexibility index (Phi) is 30.5. The van der Waals surface area contributed by atoms with Crippen LogP contribution in [-0.2, 0) is 38.2 Å². The quantitative estimate of drug-likeness (QED) is 0.117. The molecule has 0 bridgehead atoms. The van der Waals surface area contributed by atoms with Gasteiger partial charge in [-0.2, -0.15) is 9.59 Å². The Bertz CT molecular complexity index is 1130. The van der Waals surface area contributed by atoms with E-state index in [2.05, 4.69) is 19.5 Å². The van der Waals surface area contributed by atoms with E-state index in [1.165, 1.54) is 27.4 Å². The molecule has 0 aromatic heterocycles. The molecule has 0 aliphatic rings. The predicted molar refractivity (Wildman–Crippen MR) is 151 cm³/mol. The van der Waals surface area contributed by atoms with Crippen molar-refractivity contribution in [3.63, 3.8) is 0 Å². The molecule has 0 aliphatic heterocycles. The van der Waals surface area contributed by atoms with Gasteiger partial charge in [-0.3, -0.25) is 0 Å². The summed E-state index contributed by atoms with van der Waals surface area (Å²) in [5, 5.41) is 10.1. The monoisotopic (exact) mass is 578 g/mol. The van der Waals surface area contributed by atoms with E-state index in [-0.39, 0.29) is 19.5 Å². The van der Waals surface area contributed by atoms with Gasteiger partial charge in [0.05, 0.1) is 46.9 Å². The molecule has 0 unspecified atom stereocenters. The number of aliphatic hydroxyl groups is 1. The maximum atomic E-state index is 11.0. The SMILES string of the molecule is C.CO.COC(=O)/C=C(\C)Nc1ccccc1OC.COC(=O)C#CC(=O)OC.COc1ccccc1N.O=C=O. The fourth-order valence-electron chi connectivity index (χ4n) is 2.10. The third-order valence-electron chi connectivity index (χ3n) is 3.75. The summed E-state index contributed by atoms with van der Waals surface area (Å²) < 4.78 is 22.9. The zero-order chi connectivity index (χ0) is 31.3. The van der Waals surface area contributed by atoms with Crippen molar-refractivity contribution in [3.8, 4) is 23.3 Å². The first kappa shape index (κ1) is 42.8. The van der Waals surface area contributed by atoms with Crippen LogP contribution in [0, 0.1) is 11.8 Å². The number of allylic oxidation sites excluding steroid dienone is 1. The smallest absolute Gasteiger partial charge is 0.384 e. The summed E-state index contributed by atoms with van der Waals surface area (Å²) in [6.07, 6.45) is 1.63. The second-order valence-electron chi connectivity index (χ2n) is 6.23. The molecule has 0 heterocycles. The molecule has 226 valence electrons. The van der Waals surface area contributed by atoms with Gasteiger partial charge in [-0.15, -0.1) is 0 Å². The van der Waals surface area contributed by atoms with Gasteiger partial charge in [-0.25, -0.2) is 14.4 Å². The number of nitrogen functional groups attached to an aromatic ring is 1. The van der Waals surface area contributed by atoms with Crippen LogP contribution < -0.4 is 20.5 Å². The largest absolute Gasteiger partial charge is 0.495 e. The molecule has 0 aliphatic carbocycles. The van der Waals surface area contributed by atoms with Crippen molar-refractivity contribution in [1.29, 1.82) is 0 Å². The lowest BCUT2D eigenvalue weighted by atomic mass is 10.3. The van der Waals surface area contributed by atoms with E-state index in [9.17, 15) is 14.4 Å². The number of benzene rings is 2. The Morgan fingerprint density at radius 2 is 1.20 bits per heavy atom. The Balaban J connectivity index is -0.000000239. The molecule has 0 radical (unpaired) electrons. The number of nitrogens with one attached hydrogen (secondary N) is 1. The topological polar surface area (TPSA) is 190 Å². The van der Waals surface area contributed by atoms with Crippen LogP contribution in [0.5, 0.6) is 11.5 Å². The lowest BCUT2D eigenvalue weighted by Crippen LogP contribution is -2.03. The van der Waals surface area contributed by atoms with Gasteiger partial charge in [-0.05, 0) is 31.2 Å². The van der Waals surface area contributed by atoms with Crippen molar-refractivity contribution >= 4 is 35.4 Å². The van der Waals surface area contributed by atoms with E-state index >= 15 is 0 Å². The van der Waals surface area contributed by atoms with Crippen molar-refractivity contribution in [2.75, 3.05) is 53.7 Å². The fourth-order valence-corrected chi connectivity index (χ4v) is 2.10. The maximum Gasteiger partial charge on any atom is 0.384 e. The van der Waals surface area contributed by atoms with E-state index in [1.54, 1.807) is 27.2 Å². The molecular weight excluding hydrogens is 540 g/mol. The summed E-state index contributed by atoms with van der Waals surface area (Å²) in [6.45, 7) is 1.78. The van der Waals surface area contributed by atoms with E-state index in [1.807, 2.05) is 54.3 Å². The lowest BCUT2D eigenvalue weighted by Gasteiger charge is -2.10. The molecule has 2 rings (SSSR count). The molecule has 0 amide bonds. The average Bonchev–Trinajstić information content (AvgIpc) is 2.98. The summed E-state index contributed by atoms with van der Waals surface area (Å²) in [4.78, 5) is 47.7. The van der Waals surface area contributed by atoms with Gasteiger partial charge in [0, 0.05) is 30.7 Å². The van der Waals surface area contributed by atoms with Crippen LogP contribution in [0.3, 0.4) is 0 Å². The molecular formula is C28H38N2O11. The normalized spacial score (nSPS) is 8.24.